The van der Waals surface area contributed by atoms with Gasteiger partial charge in [-0.3, -0.25) is 0 Å². The molecular formula is C32H30O4. The highest BCUT2D eigenvalue weighted by Gasteiger charge is 2.31. The Kier molecular flexibility index (Phi) is 7.96. The van der Waals surface area contributed by atoms with E-state index in [0.29, 0.717) is 12.0 Å². The topological polar surface area (TPSA) is 52.6 Å². The summed E-state index contributed by atoms with van der Waals surface area (Å²) in [4.78, 5) is 26.9. The molecule has 0 radical (unpaired) electrons. The summed E-state index contributed by atoms with van der Waals surface area (Å²) in [6.07, 6.45) is 0.450. The van der Waals surface area contributed by atoms with Crippen molar-refractivity contribution in [2.75, 3.05) is 13.2 Å². The van der Waals surface area contributed by atoms with Crippen LogP contribution in [-0.2, 0) is 15.9 Å². The van der Waals surface area contributed by atoms with Crippen LogP contribution in [-0.4, -0.2) is 25.2 Å². The summed E-state index contributed by atoms with van der Waals surface area (Å²) in [6.45, 7) is 5.82. The van der Waals surface area contributed by atoms with Crippen LogP contribution in [0.1, 0.15) is 51.3 Å². The maximum Gasteiger partial charge on any atom is 0.339 e. The third kappa shape index (κ3) is 5.08. The van der Waals surface area contributed by atoms with E-state index in [2.05, 4.69) is 0 Å². The van der Waals surface area contributed by atoms with Gasteiger partial charge in [0.15, 0.2) is 0 Å². The quantitative estimate of drug-likeness (QED) is 0.250. The molecule has 0 aromatic heterocycles. The standard InChI is InChI=1S/C32H30O4/c1-4-35-31(33)28-22(3)27(24-17-11-7-12-18-24)29(25-19-13-8-14-20-25)26(30(28)32(34)36-5-2)21-23-15-9-6-10-16-23/h6-20H,4-5,21H2,1-3H3. The van der Waals surface area contributed by atoms with Crippen molar-refractivity contribution in [2.24, 2.45) is 0 Å². The highest BCUT2D eigenvalue weighted by Crippen LogP contribution is 2.43. The zero-order valence-corrected chi connectivity index (χ0v) is 20.9. The first-order chi connectivity index (χ1) is 17.6. The number of ether oxygens (including phenoxy) is 2. The van der Waals surface area contributed by atoms with Crippen LogP contribution in [0, 0.1) is 6.92 Å². The number of hydrogen-bond acceptors (Lipinski definition) is 4. The first kappa shape index (κ1) is 24.9. The van der Waals surface area contributed by atoms with Gasteiger partial charge in [-0.05, 0) is 66.1 Å². The summed E-state index contributed by atoms with van der Waals surface area (Å²) in [5.41, 5.74) is 6.75. The molecule has 4 heteroatoms. The third-order valence-electron chi connectivity index (χ3n) is 6.16. The monoisotopic (exact) mass is 478 g/mol. The molecule has 4 nitrogen and oxygen atoms in total. The van der Waals surface area contributed by atoms with Gasteiger partial charge in [0, 0.05) is 0 Å². The zero-order chi connectivity index (χ0) is 25.5. The summed E-state index contributed by atoms with van der Waals surface area (Å²) in [7, 11) is 0. The number of carbonyl (C=O) groups excluding carboxylic acids is 2. The van der Waals surface area contributed by atoms with Crippen molar-refractivity contribution < 1.29 is 19.1 Å². The Labute approximate surface area is 212 Å². The van der Waals surface area contributed by atoms with Gasteiger partial charge >= 0.3 is 11.9 Å². The van der Waals surface area contributed by atoms with Crippen molar-refractivity contribution in [3.05, 3.63) is 119 Å². The van der Waals surface area contributed by atoms with E-state index in [9.17, 15) is 9.59 Å². The summed E-state index contributed by atoms with van der Waals surface area (Å²) in [6, 6.07) is 29.9. The van der Waals surface area contributed by atoms with Gasteiger partial charge in [-0.25, -0.2) is 9.59 Å². The van der Waals surface area contributed by atoms with Gasteiger partial charge in [0.25, 0.3) is 0 Å². The molecule has 0 heterocycles. The van der Waals surface area contributed by atoms with E-state index < -0.39 is 11.9 Å². The Hall–Kier alpha value is -4.18. The molecule has 0 saturated carbocycles. The predicted molar refractivity (Wildman–Crippen MR) is 143 cm³/mol. The minimum atomic E-state index is -0.524. The van der Waals surface area contributed by atoms with Gasteiger partial charge in [-0.1, -0.05) is 91.0 Å². The van der Waals surface area contributed by atoms with Crippen molar-refractivity contribution >= 4 is 11.9 Å². The van der Waals surface area contributed by atoms with Gasteiger partial charge in [0.1, 0.15) is 0 Å². The van der Waals surface area contributed by atoms with Crippen molar-refractivity contribution in [1.29, 1.82) is 0 Å². The second kappa shape index (κ2) is 11.5. The van der Waals surface area contributed by atoms with Crippen molar-refractivity contribution in [3.8, 4) is 22.3 Å². The molecule has 0 bridgehead atoms. The van der Waals surface area contributed by atoms with Crippen LogP contribution < -0.4 is 0 Å². The minimum absolute atomic E-state index is 0.200. The molecule has 4 aromatic carbocycles. The summed E-state index contributed by atoms with van der Waals surface area (Å²) in [5.74, 6) is -1.05. The van der Waals surface area contributed by atoms with Gasteiger partial charge < -0.3 is 9.47 Å². The Morgan fingerprint density at radius 3 is 1.56 bits per heavy atom. The lowest BCUT2D eigenvalue weighted by molar-refractivity contribution is 0.0477. The summed E-state index contributed by atoms with van der Waals surface area (Å²) in [5, 5.41) is 0. The van der Waals surface area contributed by atoms with Crippen LogP contribution in [0.25, 0.3) is 22.3 Å². The maximum atomic E-state index is 13.5. The van der Waals surface area contributed by atoms with E-state index in [1.807, 2.05) is 97.9 Å². The smallest absolute Gasteiger partial charge is 0.339 e. The van der Waals surface area contributed by atoms with Crippen LogP contribution in [0.3, 0.4) is 0 Å². The van der Waals surface area contributed by atoms with E-state index in [-0.39, 0.29) is 24.3 Å². The summed E-state index contributed by atoms with van der Waals surface area (Å²) >= 11 is 0. The van der Waals surface area contributed by atoms with E-state index in [1.54, 1.807) is 13.8 Å². The number of rotatable bonds is 8. The molecular weight excluding hydrogens is 448 g/mol. The molecule has 0 aliphatic carbocycles. The number of benzene rings is 4. The molecule has 0 aliphatic rings. The molecule has 0 spiro atoms. The van der Waals surface area contributed by atoms with Gasteiger partial charge in [-0.15, -0.1) is 0 Å². The Balaban J connectivity index is 2.19. The highest BCUT2D eigenvalue weighted by molar-refractivity contribution is 6.10. The molecule has 0 atom stereocenters. The number of esters is 2. The second-order valence-corrected chi connectivity index (χ2v) is 8.44. The molecule has 182 valence electrons. The van der Waals surface area contributed by atoms with E-state index in [0.717, 1.165) is 33.4 Å². The average Bonchev–Trinajstić information content (AvgIpc) is 2.90. The molecule has 0 amide bonds. The van der Waals surface area contributed by atoms with Crippen molar-refractivity contribution in [3.63, 3.8) is 0 Å². The van der Waals surface area contributed by atoms with Crippen LogP contribution in [0.5, 0.6) is 0 Å². The van der Waals surface area contributed by atoms with Gasteiger partial charge in [-0.2, -0.15) is 0 Å². The lowest BCUT2D eigenvalue weighted by Crippen LogP contribution is -2.20. The van der Waals surface area contributed by atoms with E-state index in [1.165, 1.54) is 0 Å². The lowest BCUT2D eigenvalue weighted by Gasteiger charge is -2.25. The fourth-order valence-electron chi connectivity index (χ4n) is 4.68. The van der Waals surface area contributed by atoms with Crippen LogP contribution in [0.2, 0.25) is 0 Å². The number of carbonyl (C=O) groups is 2. The molecule has 0 fully saturated rings. The van der Waals surface area contributed by atoms with E-state index in [4.69, 9.17) is 9.47 Å². The van der Waals surface area contributed by atoms with Crippen LogP contribution >= 0.6 is 0 Å². The molecule has 0 unspecified atom stereocenters. The zero-order valence-electron chi connectivity index (χ0n) is 20.9. The Bertz CT molecular complexity index is 1340. The fraction of sp³-hybridized carbons (Fsp3) is 0.188. The maximum absolute atomic E-state index is 13.5. The molecule has 36 heavy (non-hydrogen) atoms. The van der Waals surface area contributed by atoms with Crippen molar-refractivity contribution in [2.45, 2.75) is 27.2 Å². The third-order valence-corrected chi connectivity index (χ3v) is 6.16. The largest absolute Gasteiger partial charge is 0.462 e. The molecule has 0 saturated heterocycles. The minimum Gasteiger partial charge on any atom is -0.462 e. The van der Waals surface area contributed by atoms with E-state index >= 15 is 0 Å². The summed E-state index contributed by atoms with van der Waals surface area (Å²) < 4.78 is 11.0. The lowest BCUT2D eigenvalue weighted by atomic mass is 9.79. The molecule has 4 aromatic rings. The highest BCUT2D eigenvalue weighted by atomic mass is 16.5. The fourth-order valence-corrected chi connectivity index (χ4v) is 4.68. The molecule has 0 N–H and O–H groups in total. The van der Waals surface area contributed by atoms with Crippen LogP contribution in [0.15, 0.2) is 91.0 Å². The first-order valence-electron chi connectivity index (χ1n) is 12.2. The van der Waals surface area contributed by atoms with Crippen LogP contribution in [0.4, 0.5) is 0 Å². The van der Waals surface area contributed by atoms with Gasteiger partial charge in [0.2, 0.25) is 0 Å². The number of hydrogen-bond donors (Lipinski definition) is 0. The molecule has 4 rings (SSSR count). The predicted octanol–water partition coefficient (Wildman–Crippen LogP) is 7.27. The average molecular weight is 479 g/mol. The molecule has 0 aliphatic heterocycles. The first-order valence-corrected chi connectivity index (χ1v) is 12.2. The normalized spacial score (nSPS) is 10.6. The Morgan fingerprint density at radius 1 is 0.611 bits per heavy atom. The van der Waals surface area contributed by atoms with Gasteiger partial charge in [0.05, 0.1) is 24.3 Å². The Morgan fingerprint density at radius 2 is 1.06 bits per heavy atom. The SMILES string of the molecule is CCOC(=O)c1c(C)c(-c2ccccc2)c(-c2ccccc2)c(Cc2ccccc2)c1C(=O)OCC. The van der Waals surface area contributed by atoms with Crippen molar-refractivity contribution in [1.82, 2.24) is 0 Å². The second-order valence-electron chi connectivity index (χ2n) is 8.44.